The van der Waals surface area contributed by atoms with Crippen molar-refractivity contribution in [2.75, 3.05) is 0 Å². The lowest BCUT2D eigenvalue weighted by Crippen LogP contribution is -2.45. The van der Waals surface area contributed by atoms with Crippen LogP contribution >= 0.6 is 0 Å². The van der Waals surface area contributed by atoms with Crippen molar-refractivity contribution < 1.29 is 13.6 Å². The molecule has 0 unspecified atom stereocenters. The van der Waals surface area contributed by atoms with Gasteiger partial charge in [0.15, 0.2) is 17.8 Å². The molecule has 0 radical (unpaired) electrons. The second-order valence-electron chi connectivity index (χ2n) is 5.89. The molecule has 0 saturated heterocycles. The molecule has 1 N–H and O–H groups in total. The molecule has 0 aliphatic rings. The number of hydrogen-bond acceptors (Lipinski definition) is 5. The van der Waals surface area contributed by atoms with Crippen LogP contribution in [0.5, 0.6) is 0 Å². The first-order valence-corrected chi connectivity index (χ1v) is 7.86. The van der Waals surface area contributed by atoms with E-state index in [1.807, 2.05) is 30.3 Å². The lowest BCUT2D eigenvalue weighted by molar-refractivity contribution is 0.0917. The van der Waals surface area contributed by atoms with E-state index in [2.05, 4.69) is 16.4 Å². The number of furan rings is 1. The number of carbonyl (C=O) groups is 1. The summed E-state index contributed by atoms with van der Waals surface area (Å²) in [5, 5.41) is 12.3. The third-order valence-electron chi connectivity index (χ3n) is 3.92. The summed E-state index contributed by atoms with van der Waals surface area (Å²) in [6.07, 6.45) is 3.82. The van der Waals surface area contributed by atoms with Gasteiger partial charge in [-0.25, -0.2) is 4.98 Å². The SMILES string of the molecule is C[C@](C#N)(CCc1ccccc1)NC(=O)c1ncoc1-c1ccco1. The molecule has 1 aromatic carbocycles. The summed E-state index contributed by atoms with van der Waals surface area (Å²) >= 11 is 0. The Bertz CT molecular complexity index is 878. The van der Waals surface area contributed by atoms with Crippen LogP contribution in [-0.4, -0.2) is 16.4 Å². The first kappa shape index (κ1) is 16.5. The summed E-state index contributed by atoms with van der Waals surface area (Å²) in [4.78, 5) is 16.5. The van der Waals surface area contributed by atoms with Crippen LogP contribution in [0.3, 0.4) is 0 Å². The lowest BCUT2D eigenvalue weighted by Gasteiger charge is -2.22. The molecule has 3 aromatic rings. The average Bonchev–Trinajstić information content (AvgIpc) is 3.31. The van der Waals surface area contributed by atoms with Gasteiger partial charge in [0.2, 0.25) is 5.76 Å². The van der Waals surface area contributed by atoms with Crippen LogP contribution in [0.1, 0.15) is 29.4 Å². The van der Waals surface area contributed by atoms with E-state index in [0.717, 1.165) is 5.56 Å². The second kappa shape index (κ2) is 7.05. The van der Waals surface area contributed by atoms with Crippen molar-refractivity contribution in [3.05, 3.63) is 66.4 Å². The minimum Gasteiger partial charge on any atom is -0.461 e. The number of aromatic nitrogens is 1. The molecule has 2 aromatic heterocycles. The summed E-state index contributed by atoms with van der Waals surface area (Å²) in [5.41, 5.74) is 0.179. The Morgan fingerprint density at radius 3 is 2.72 bits per heavy atom. The fourth-order valence-electron chi connectivity index (χ4n) is 2.49. The molecule has 0 fully saturated rings. The van der Waals surface area contributed by atoms with Crippen molar-refractivity contribution in [2.24, 2.45) is 0 Å². The molecule has 126 valence electrons. The van der Waals surface area contributed by atoms with E-state index in [-0.39, 0.29) is 11.5 Å². The Hall–Kier alpha value is -3.33. The minimum atomic E-state index is -1.02. The zero-order valence-electron chi connectivity index (χ0n) is 13.7. The summed E-state index contributed by atoms with van der Waals surface area (Å²) in [7, 11) is 0. The highest BCUT2D eigenvalue weighted by Gasteiger charge is 2.29. The zero-order chi connectivity index (χ0) is 17.7. The van der Waals surface area contributed by atoms with Crippen molar-refractivity contribution in [3.8, 4) is 17.6 Å². The monoisotopic (exact) mass is 335 g/mol. The largest absolute Gasteiger partial charge is 0.461 e. The molecule has 3 rings (SSSR count). The van der Waals surface area contributed by atoms with Crippen molar-refractivity contribution in [2.45, 2.75) is 25.3 Å². The summed E-state index contributed by atoms with van der Waals surface area (Å²) in [6.45, 7) is 1.69. The molecule has 1 atom stereocenters. The Labute approximate surface area is 145 Å². The van der Waals surface area contributed by atoms with Crippen LogP contribution in [0.25, 0.3) is 11.5 Å². The van der Waals surface area contributed by atoms with Gasteiger partial charge >= 0.3 is 0 Å². The minimum absolute atomic E-state index is 0.0936. The lowest BCUT2D eigenvalue weighted by atomic mass is 9.94. The summed E-state index contributed by atoms with van der Waals surface area (Å²) in [6, 6.07) is 15.4. The number of nitriles is 1. The Balaban J connectivity index is 1.72. The van der Waals surface area contributed by atoms with Crippen LogP contribution in [0, 0.1) is 11.3 Å². The Kier molecular flexibility index (Phi) is 4.66. The molecular weight excluding hydrogens is 318 g/mol. The normalized spacial score (nSPS) is 13.0. The highest BCUT2D eigenvalue weighted by atomic mass is 16.4. The third-order valence-corrected chi connectivity index (χ3v) is 3.92. The first-order chi connectivity index (χ1) is 12.1. The number of oxazole rings is 1. The molecule has 25 heavy (non-hydrogen) atoms. The Morgan fingerprint density at radius 1 is 1.24 bits per heavy atom. The predicted octanol–water partition coefficient (Wildman–Crippen LogP) is 3.58. The number of nitrogens with zero attached hydrogens (tertiary/aromatic N) is 2. The number of benzene rings is 1. The molecule has 6 heteroatoms. The topological polar surface area (TPSA) is 92.1 Å². The fraction of sp³-hybridized carbons (Fsp3) is 0.211. The summed E-state index contributed by atoms with van der Waals surface area (Å²) in [5.74, 6) is 0.175. The van der Waals surface area contributed by atoms with Gasteiger partial charge in [-0.3, -0.25) is 4.79 Å². The number of carbonyl (C=O) groups excluding carboxylic acids is 1. The van der Waals surface area contributed by atoms with E-state index in [9.17, 15) is 10.1 Å². The van der Waals surface area contributed by atoms with Crippen molar-refractivity contribution >= 4 is 5.91 Å². The van der Waals surface area contributed by atoms with Gasteiger partial charge in [-0.05, 0) is 37.5 Å². The van der Waals surface area contributed by atoms with Crippen LogP contribution in [0.2, 0.25) is 0 Å². The van der Waals surface area contributed by atoms with Gasteiger partial charge in [-0.2, -0.15) is 5.26 Å². The van der Waals surface area contributed by atoms with Gasteiger partial charge in [-0.1, -0.05) is 30.3 Å². The maximum absolute atomic E-state index is 12.6. The first-order valence-electron chi connectivity index (χ1n) is 7.86. The number of hydrogen-bond donors (Lipinski definition) is 1. The molecule has 0 bridgehead atoms. The van der Waals surface area contributed by atoms with Gasteiger partial charge in [0, 0.05) is 0 Å². The highest BCUT2D eigenvalue weighted by Crippen LogP contribution is 2.24. The van der Waals surface area contributed by atoms with Crippen molar-refractivity contribution in [1.29, 1.82) is 5.26 Å². The standard InChI is InChI=1S/C19H17N3O3/c1-19(12-20,10-9-14-6-3-2-4-7-14)22-18(23)16-17(25-13-21-16)15-8-5-11-24-15/h2-8,11,13H,9-10H2,1H3,(H,22,23)/t19-/m1/s1. The van der Waals surface area contributed by atoms with E-state index in [1.54, 1.807) is 19.1 Å². The predicted molar refractivity (Wildman–Crippen MR) is 90.5 cm³/mol. The molecule has 0 aliphatic heterocycles. The van der Waals surface area contributed by atoms with Crippen LogP contribution in [-0.2, 0) is 6.42 Å². The quantitative estimate of drug-likeness (QED) is 0.743. The van der Waals surface area contributed by atoms with E-state index in [4.69, 9.17) is 8.83 Å². The molecule has 0 spiro atoms. The molecule has 2 heterocycles. The number of amides is 1. The van der Waals surface area contributed by atoms with E-state index in [0.29, 0.717) is 18.6 Å². The molecule has 1 amide bonds. The number of nitrogens with one attached hydrogen (secondary N) is 1. The maximum Gasteiger partial charge on any atom is 0.275 e. The summed E-state index contributed by atoms with van der Waals surface area (Å²) < 4.78 is 10.5. The van der Waals surface area contributed by atoms with Crippen LogP contribution < -0.4 is 5.32 Å². The molecule has 6 nitrogen and oxygen atoms in total. The van der Waals surface area contributed by atoms with Crippen molar-refractivity contribution in [3.63, 3.8) is 0 Å². The van der Waals surface area contributed by atoms with E-state index >= 15 is 0 Å². The van der Waals surface area contributed by atoms with Crippen LogP contribution in [0.15, 0.2) is 64.0 Å². The Morgan fingerprint density at radius 2 is 2.04 bits per heavy atom. The number of rotatable bonds is 6. The van der Waals surface area contributed by atoms with Crippen LogP contribution in [0.4, 0.5) is 0 Å². The van der Waals surface area contributed by atoms with E-state index < -0.39 is 11.4 Å². The smallest absolute Gasteiger partial charge is 0.275 e. The molecular formula is C19H17N3O3. The van der Waals surface area contributed by atoms with Gasteiger partial charge < -0.3 is 14.2 Å². The number of aryl methyl sites for hydroxylation is 1. The van der Waals surface area contributed by atoms with Gasteiger partial charge in [0.05, 0.1) is 12.3 Å². The maximum atomic E-state index is 12.6. The average molecular weight is 335 g/mol. The molecule has 0 saturated carbocycles. The van der Waals surface area contributed by atoms with Gasteiger partial charge in [-0.15, -0.1) is 0 Å². The third kappa shape index (κ3) is 3.78. The fourth-order valence-corrected chi connectivity index (χ4v) is 2.49. The van der Waals surface area contributed by atoms with Gasteiger partial charge in [0.1, 0.15) is 5.54 Å². The van der Waals surface area contributed by atoms with Gasteiger partial charge in [0.25, 0.3) is 5.91 Å². The highest BCUT2D eigenvalue weighted by molar-refractivity contribution is 5.97. The van der Waals surface area contributed by atoms with E-state index in [1.165, 1.54) is 12.7 Å². The second-order valence-corrected chi connectivity index (χ2v) is 5.89. The zero-order valence-corrected chi connectivity index (χ0v) is 13.7. The van der Waals surface area contributed by atoms with Crippen molar-refractivity contribution in [1.82, 2.24) is 10.3 Å². The molecule has 0 aliphatic carbocycles.